The Kier molecular flexibility index (Phi) is 3.42. The molecule has 0 fully saturated rings. The van der Waals surface area contributed by atoms with Crippen LogP contribution < -0.4 is 0 Å². The van der Waals surface area contributed by atoms with Crippen LogP contribution in [0.4, 0.5) is 0 Å². The van der Waals surface area contributed by atoms with E-state index in [1.807, 2.05) is 0 Å². The van der Waals surface area contributed by atoms with Crippen LogP contribution in [0.3, 0.4) is 0 Å². The highest BCUT2D eigenvalue weighted by atomic mass is 16.1. The maximum atomic E-state index is 12.2. The Labute approximate surface area is 97.9 Å². The summed E-state index contributed by atoms with van der Waals surface area (Å²) in [5.41, 5.74) is 5.05. The van der Waals surface area contributed by atoms with E-state index < -0.39 is 0 Å². The van der Waals surface area contributed by atoms with Gasteiger partial charge in [-0.25, -0.2) is 0 Å². The highest BCUT2D eigenvalue weighted by Crippen LogP contribution is 2.27. The molecule has 0 radical (unpaired) electrons. The summed E-state index contributed by atoms with van der Waals surface area (Å²) in [5.74, 6) is 0.375. The molecule has 0 bridgehead atoms. The maximum absolute atomic E-state index is 12.2. The predicted octanol–water partition coefficient (Wildman–Crippen LogP) is 3.72. The standard InChI is InChI=1S/C15H20O/c1-3-11-9-10-12(4-2)15-13(11)7-5-6-8-14(15)16/h9-10H,3-8H2,1-2H3. The van der Waals surface area contributed by atoms with Crippen LogP contribution in [0.25, 0.3) is 0 Å². The van der Waals surface area contributed by atoms with E-state index in [0.29, 0.717) is 5.78 Å². The van der Waals surface area contributed by atoms with Gasteiger partial charge < -0.3 is 0 Å². The number of carbonyl (C=O) groups excluding carboxylic acids is 1. The van der Waals surface area contributed by atoms with Gasteiger partial charge in [0, 0.05) is 12.0 Å². The van der Waals surface area contributed by atoms with Gasteiger partial charge in [0.2, 0.25) is 0 Å². The summed E-state index contributed by atoms with van der Waals surface area (Å²) < 4.78 is 0. The van der Waals surface area contributed by atoms with Crippen molar-refractivity contribution < 1.29 is 4.79 Å². The summed E-state index contributed by atoms with van der Waals surface area (Å²) in [5, 5.41) is 0. The number of hydrogen-bond acceptors (Lipinski definition) is 1. The van der Waals surface area contributed by atoms with Crippen LogP contribution in [0.5, 0.6) is 0 Å². The van der Waals surface area contributed by atoms with Gasteiger partial charge in [0.15, 0.2) is 5.78 Å². The fourth-order valence-electron chi connectivity index (χ4n) is 2.71. The van der Waals surface area contributed by atoms with Crippen molar-refractivity contribution in [1.82, 2.24) is 0 Å². The molecule has 0 atom stereocenters. The van der Waals surface area contributed by atoms with Crippen molar-refractivity contribution in [2.45, 2.75) is 52.4 Å². The summed E-state index contributed by atoms with van der Waals surface area (Å²) in [6.07, 6.45) is 6.07. The fourth-order valence-corrected chi connectivity index (χ4v) is 2.71. The molecule has 1 aliphatic carbocycles. The van der Waals surface area contributed by atoms with Crippen molar-refractivity contribution in [3.8, 4) is 0 Å². The van der Waals surface area contributed by atoms with Gasteiger partial charge in [0.05, 0.1) is 0 Å². The average molecular weight is 216 g/mol. The number of aryl methyl sites for hydroxylation is 2. The van der Waals surface area contributed by atoms with Gasteiger partial charge in [-0.15, -0.1) is 0 Å². The summed E-state index contributed by atoms with van der Waals surface area (Å²) >= 11 is 0. The molecule has 0 unspecified atom stereocenters. The normalized spacial score (nSPS) is 15.8. The van der Waals surface area contributed by atoms with Gasteiger partial charge >= 0.3 is 0 Å². The number of ketones is 1. The molecule has 1 aromatic carbocycles. The van der Waals surface area contributed by atoms with Gasteiger partial charge in [-0.3, -0.25) is 4.79 Å². The molecule has 2 rings (SSSR count). The number of rotatable bonds is 2. The summed E-state index contributed by atoms with van der Waals surface area (Å²) in [6, 6.07) is 4.37. The smallest absolute Gasteiger partial charge is 0.163 e. The minimum Gasteiger partial charge on any atom is -0.294 e. The van der Waals surface area contributed by atoms with Crippen LogP contribution in [0.2, 0.25) is 0 Å². The first-order valence-electron chi connectivity index (χ1n) is 6.44. The van der Waals surface area contributed by atoms with E-state index in [1.165, 1.54) is 23.1 Å². The molecule has 0 saturated carbocycles. The Bertz CT molecular complexity index is 404. The van der Waals surface area contributed by atoms with E-state index >= 15 is 0 Å². The number of benzene rings is 1. The lowest BCUT2D eigenvalue weighted by atomic mass is 9.90. The van der Waals surface area contributed by atoms with E-state index in [4.69, 9.17) is 0 Å². The van der Waals surface area contributed by atoms with E-state index in [2.05, 4.69) is 26.0 Å². The van der Waals surface area contributed by atoms with Crippen LogP contribution >= 0.6 is 0 Å². The zero-order valence-corrected chi connectivity index (χ0v) is 10.3. The Morgan fingerprint density at radius 3 is 2.31 bits per heavy atom. The van der Waals surface area contributed by atoms with Crippen molar-refractivity contribution >= 4 is 5.78 Å². The third-order valence-electron chi connectivity index (χ3n) is 3.62. The van der Waals surface area contributed by atoms with Crippen LogP contribution in [-0.4, -0.2) is 5.78 Å². The van der Waals surface area contributed by atoms with Crippen molar-refractivity contribution in [3.05, 3.63) is 34.4 Å². The van der Waals surface area contributed by atoms with E-state index in [-0.39, 0.29) is 0 Å². The van der Waals surface area contributed by atoms with E-state index in [0.717, 1.165) is 37.7 Å². The lowest BCUT2D eigenvalue weighted by molar-refractivity contribution is 0.0981. The molecule has 0 saturated heterocycles. The topological polar surface area (TPSA) is 17.1 Å². The molecule has 86 valence electrons. The minimum atomic E-state index is 0.375. The van der Waals surface area contributed by atoms with Crippen molar-refractivity contribution in [1.29, 1.82) is 0 Å². The molecule has 1 aliphatic rings. The molecule has 1 heteroatoms. The summed E-state index contributed by atoms with van der Waals surface area (Å²) in [7, 11) is 0. The molecule has 1 aromatic rings. The molecular weight excluding hydrogens is 196 g/mol. The third kappa shape index (κ3) is 1.91. The van der Waals surface area contributed by atoms with Crippen molar-refractivity contribution in [3.63, 3.8) is 0 Å². The second-order valence-electron chi connectivity index (χ2n) is 4.57. The first kappa shape index (κ1) is 11.4. The van der Waals surface area contributed by atoms with Crippen molar-refractivity contribution in [2.75, 3.05) is 0 Å². The molecule has 0 heterocycles. The molecular formula is C15H20O. The zero-order chi connectivity index (χ0) is 11.5. The summed E-state index contributed by atoms with van der Waals surface area (Å²) in [4.78, 5) is 12.2. The average Bonchev–Trinajstić information content (AvgIpc) is 2.51. The quantitative estimate of drug-likeness (QED) is 0.689. The van der Waals surface area contributed by atoms with E-state index in [1.54, 1.807) is 0 Å². The molecule has 0 aromatic heterocycles. The Morgan fingerprint density at radius 2 is 1.62 bits per heavy atom. The molecule has 0 N–H and O–H groups in total. The lowest BCUT2D eigenvalue weighted by Gasteiger charge is -2.14. The number of fused-ring (bicyclic) bond motifs is 1. The third-order valence-corrected chi connectivity index (χ3v) is 3.62. The zero-order valence-electron chi connectivity index (χ0n) is 10.3. The van der Waals surface area contributed by atoms with Gasteiger partial charge in [-0.05, 0) is 48.8 Å². The SMILES string of the molecule is CCc1ccc(CC)c2c1CCCCC2=O. The minimum absolute atomic E-state index is 0.375. The van der Waals surface area contributed by atoms with Gasteiger partial charge in [0.1, 0.15) is 0 Å². The first-order valence-corrected chi connectivity index (χ1v) is 6.44. The van der Waals surface area contributed by atoms with Crippen LogP contribution in [0.1, 0.15) is 60.2 Å². The second kappa shape index (κ2) is 4.82. The fraction of sp³-hybridized carbons (Fsp3) is 0.533. The predicted molar refractivity (Wildman–Crippen MR) is 67.1 cm³/mol. The summed E-state index contributed by atoms with van der Waals surface area (Å²) in [6.45, 7) is 4.32. The lowest BCUT2D eigenvalue weighted by Crippen LogP contribution is -2.07. The first-order chi connectivity index (χ1) is 7.77. The van der Waals surface area contributed by atoms with Crippen LogP contribution in [0.15, 0.2) is 12.1 Å². The number of hydrogen-bond donors (Lipinski definition) is 0. The highest BCUT2D eigenvalue weighted by Gasteiger charge is 2.20. The van der Waals surface area contributed by atoms with Crippen LogP contribution in [-0.2, 0) is 19.3 Å². The molecule has 16 heavy (non-hydrogen) atoms. The second-order valence-corrected chi connectivity index (χ2v) is 4.57. The highest BCUT2D eigenvalue weighted by molar-refractivity contribution is 5.99. The van der Waals surface area contributed by atoms with E-state index in [9.17, 15) is 4.79 Å². The maximum Gasteiger partial charge on any atom is 0.163 e. The van der Waals surface area contributed by atoms with Crippen molar-refractivity contribution in [2.24, 2.45) is 0 Å². The molecule has 0 spiro atoms. The Morgan fingerprint density at radius 1 is 1.00 bits per heavy atom. The van der Waals surface area contributed by atoms with Crippen LogP contribution in [0, 0.1) is 0 Å². The van der Waals surface area contributed by atoms with Gasteiger partial charge in [-0.2, -0.15) is 0 Å². The van der Waals surface area contributed by atoms with Gasteiger partial charge in [-0.1, -0.05) is 26.0 Å². The van der Waals surface area contributed by atoms with Gasteiger partial charge in [0.25, 0.3) is 0 Å². The Balaban J connectivity index is 2.61. The molecule has 1 nitrogen and oxygen atoms in total. The Hall–Kier alpha value is -1.11. The number of Topliss-reactive ketones (excluding diaryl/α,β-unsaturated/α-hetero) is 1. The monoisotopic (exact) mass is 216 g/mol. The number of carbonyl (C=O) groups is 1. The largest absolute Gasteiger partial charge is 0.294 e. The molecule has 0 amide bonds. The molecule has 0 aliphatic heterocycles.